The molecule has 5 rings (SSSR count). The van der Waals surface area contributed by atoms with Crippen molar-refractivity contribution in [1.29, 1.82) is 0 Å². The van der Waals surface area contributed by atoms with E-state index in [9.17, 15) is 9.59 Å². The maximum atomic E-state index is 12.9. The summed E-state index contributed by atoms with van der Waals surface area (Å²) in [5.74, 6) is 0.740. The molecule has 1 aliphatic heterocycles. The van der Waals surface area contributed by atoms with E-state index in [1.54, 1.807) is 30.0 Å². The lowest BCUT2D eigenvalue weighted by Crippen LogP contribution is -2.38. The number of likely N-dealkylation sites (tertiary alicyclic amines) is 1. The SMILES string of the molecule is O=C(NCc1ccco1)c1cc(C2CCN(C(=O)c3ccc4ncsc4c3)CC2)[nH]n1. The normalized spacial score (nSPS) is 14.8. The number of benzene rings is 1. The third-order valence-electron chi connectivity index (χ3n) is 5.63. The number of fused-ring (bicyclic) bond motifs is 1. The zero-order valence-corrected chi connectivity index (χ0v) is 17.5. The van der Waals surface area contributed by atoms with E-state index in [1.807, 2.05) is 23.1 Å². The Labute approximate surface area is 182 Å². The predicted molar refractivity (Wildman–Crippen MR) is 116 cm³/mol. The van der Waals surface area contributed by atoms with Crippen molar-refractivity contribution in [3.63, 3.8) is 0 Å². The van der Waals surface area contributed by atoms with Crippen molar-refractivity contribution in [2.24, 2.45) is 0 Å². The lowest BCUT2D eigenvalue weighted by Gasteiger charge is -2.31. The van der Waals surface area contributed by atoms with Crippen LogP contribution < -0.4 is 5.32 Å². The van der Waals surface area contributed by atoms with Gasteiger partial charge in [0.25, 0.3) is 11.8 Å². The summed E-state index contributed by atoms with van der Waals surface area (Å²) < 4.78 is 6.24. The molecular formula is C22H21N5O3S. The van der Waals surface area contributed by atoms with Gasteiger partial charge in [0.1, 0.15) is 11.5 Å². The van der Waals surface area contributed by atoms with E-state index < -0.39 is 0 Å². The molecule has 2 amide bonds. The Morgan fingerprint density at radius 2 is 2.10 bits per heavy atom. The second kappa shape index (κ2) is 8.35. The number of nitrogens with one attached hydrogen (secondary N) is 2. The number of rotatable bonds is 5. The van der Waals surface area contributed by atoms with Crippen molar-refractivity contribution < 1.29 is 14.0 Å². The molecule has 0 atom stereocenters. The maximum Gasteiger partial charge on any atom is 0.272 e. The molecular weight excluding hydrogens is 414 g/mol. The first kappa shape index (κ1) is 19.5. The van der Waals surface area contributed by atoms with Crippen molar-refractivity contribution in [2.45, 2.75) is 25.3 Å². The number of furan rings is 1. The predicted octanol–water partition coefficient (Wildman–Crippen LogP) is 3.56. The fourth-order valence-electron chi connectivity index (χ4n) is 3.90. The first-order valence-corrected chi connectivity index (χ1v) is 11.0. The number of carbonyl (C=O) groups is 2. The number of aromatic nitrogens is 3. The minimum Gasteiger partial charge on any atom is -0.467 e. The number of aromatic amines is 1. The molecule has 1 aromatic carbocycles. The summed E-state index contributed by atoms with van der Waals surface area (Å²) in [5, 5.41) is 9.96. The standard InChI is InChI=1S/C22H21N5O3S/c28-21(23-12-16-2-1-9-30-16)19-11-18(25-26-19)14-5-7-27(8-6-14)22(29)15-3-4-17-20(10-15)31-13-24-17/h1-4,9-11,13-14H,5-8,12H2,(H,23,28)(H,25,26). The lowest BCUT2D eigenvalue weighted by atomic mass is 9.93. The highest BCUT2D eigenvalue weighted by Gasteiger charge is 2.26. The van der Waals surface area contributed by atoms with Gasteiger partial charge in [0.2, 0.25) is 0 Å². The van der Waals surface area contributed by atoms with Gasteiger partial charge in [-0.1, -0.05) is 0 Å². The molecule has 9 heteroatoms. The van der Waals surface area contributed by atoms with Gasteiger partial charge < -0.3 is 14.6 Å². The minimum atomic E-state index is -0.245. The van der Waals surface area contributed by atoms with Gasteiger partial charge >= 0.3 is 0 Å². The summed E-state index contributed by atoms with van der Waals surface area (Å²) in [6.45, 7) is 1.66. The molecule has 158 valence electrons. The monoisotopic (exact) mass is 435 g/mol. The Morgan fingerprint density at radius 1 is 1.23 bits per heavy atom. The fourth-order valence-corrected chi connectivity index (χ4v) is 4.61. The molecule has 0 aliphatic carbocycles. The number of thiazole rings is 1. The van der Waals surface area contributed by atoms with E-state index in [0.29, 0.717) is 36.7 Å². The van der Waals surface area contributed by atoms with Crippen LogP contribution in [-0.4, -0.2) is 45.0 Å². The highest BCUT2D eigenvalue weighted by atomic mass is 32.1. The largest absolute Gasteiger partial charge is 0.467 e. The van der Waals surface area contributed by atoms with E-state index >= 15 is 0 Å². The molecule has 4 aromatic rings. The number of nitrogens with zero attached hydrogens (tertiary/aromatic N) is 3. The third-order valence-corrected chi connectivity index (χ3v) is 6.43. The van der Waals surface area contributed by atoms with Gasteiger partial charge in [0.15, 0.2) is 0 Å². The highest BCUT2D eigenvalue weighted by molar-refractivity contribution is 7.16. The molecule has 0 unspecified atom stereocenters. The molecule has 0 saturated carbocycles. The van der Waals surface area contributed by atoms with E-state index in [-0.39, 0.29) is 17.7 Å². The van der Waals surface area contributed by atoms with Gasteiger partial charge in [0, 0.05) is 30.3 Å². The Bertz CT molecular complexity index is 1200. The maximum absolute atomic E-state index is 12.9. The van der Waals surface area contributed by atoms with Crippen molar-refractivity contribution in [1.82, 2.24) is 25.4 Å². The fraction of sp³-hybridized carbons (Fsp3) is 0.273. The van der Waals surface area contributed by atoms with E-state index in [2.05, 4.69) is 20.5 Å². The molecule has 0 spiro atoms. The molecule has 31 heavy (non-hydrogen) atoms. The Balaban J connectivity index is 1.17. The van der Waals surface area contributed by atoms with Crippen LogP contribution in [0.15, 0.2) is 52.6 Å². The molecule has 2 N–H and O–H groups in total. The van der Waals surface area contributed by atoms with E-state index in [0.717, 1.165) is 28.8 Å². The van der Waals surface area contributed by atoms with Gasteiger partial charge in [-0.05, 0) is 49.2 Å². The van der Waals surface area contributed by atoms with Crippen LogP contribution in [0, 0.1) is 0 Å². The smallest absolute Gasteiger partial charge is 0.272 e. The van der Waals surface area contributed by atoms with Crippen molar-refractivity contribution in [3.05, 3.63) is 70.9 Å². The molecule has 1 fully saturated rings. The van der Waals surface area contributed by atoms with Gasteiger partial charge in [-0.2, -0.15) is 5.10 Å². The van der Waals surface area contributed by atoms with Gasteiger partial charge in [-0.3, -0.25) is 14.7 Å². The lowest BCUT2D eigenvalue weighted by molar-refractivity contribution is 0.0712. The molecule has 0 radical (unpaired) electrons. The minimum absolute atomic E-state index is 0.0522. The Kier molecular flexibility index (Phi) is 5.25. The number of piperidine rings is 1. The van der Waals surface area contributed by atoms with Crippen LogP contribution in [0.25, 0.3) is 10.2 Å². The van der Waals surface area contributed by atoms with Crippen molar-refractivity contribution >= 4 is 33.4 Å². The zero-order valence-electron chi connectivity index (χ0n) is 16.7. The quantitative estimate of drug-likeness (QED) is 0.499. The molecule has 8 nitrogen and oxygen atoms in total. The molecule has 1 aliphatic rings. The second-order valence-corrected chi connectivity index (χ2v) is 8.46. The molecule has 4 heterocycles. The molecule has 1 saturated heterocycles. The molecule has 3 aromatic heterocycles. The van der Waals surface area contributed by atoms with Crippen LogP contribution in [-0.2, 0) is 6.54 Å². The van der Waals surface area contributed by atoms with Crippen LogP contribution in [0.2, 0.25) is 0 Å². The third kappa shape index (κ3) is 4.09. The van der Waals surface area contributed by atoms with Crippen LogP contribution in [0.4, 0.5) is 0 Å². The molecule has 0 bridgehead atoms. The summed E-state index contributed by atoms with van der Waals surface area (Å²) in [4.78, 5) is 31.4. The Hall–Kier alpha value is -3.46. The van der Waals surface area contributed by atoms with E-state index in [4.69, 9.17) is 4.42 Å². The summed E-state index contributed by atoms with van der Waals surface area (Å²) in [7, 11) is 0. The van der Waals surface area contributed by atoms with E-state index in [1.165, 1.54) is 11.3 Å². The topological polar surface area (TPSA) is 104 Å². The number of H-pyrrole nitrogens is 1. The number of amides is 2. The number of carbonyl (C=O) groups excluding carboxylic acids is 2. The summed E-state index contributed by atoms with van der Waals surface area (Å²) >= 11 is 1.54. The zero-order chi connectivity index (χ0) is 21.2. The van der Waals surface area contributed by atoms with Crippen LogP contribution >= 0.6 is 11.3 Å². The second-order valence-electron chi connectivity index (χ2n) is 7.57. The first-order chi connectivity index (χ1) is 15.2. The van der Waals surface area contributed by atoms with Crippen LogP contribution in [0.1, 0.15) is 51.1 Å². The average molecular weight is 436 g/mol. The van der Waals surface area contributed by atoms with Crippen molar-refractivity contribution in [2.75, 3.05) is 13.1 Å². The number of hydrogen-bond acceptors (Lipinski definition) is 6. The van der Waals surface area contributed by atoms with Crippen LogP contribution in [0.5, 0.6) is 0 Å². The number of hydrogen-bond donors (Lipinski definition) is 2. The van der Waals surface area contributed by atoms with Crippen LogP contribution in [0.3, 0.4) is 0 Å². The Morgan fingerprint density at radius 3 is 2.90 bits per heavy atom. The summed E-state index contributed by atoms with van der Waals surface area (Å²) in [6.07, 6.45) is 3.22. The van der Waals surface area contributed by atoms with Gasteiger partial charge in [-0.25, -0.2) is 4.98 Å². The summed E-state index contributed by atoms with van der Waals surface area (Å²) in [6, 6.07) is 11.1. The van der Waals surface area contributed by atoms with Gasteiger partial charge in [-0.15, -0.1) is 11.3 Å². The average Bonchev–Trinajstić information content (AvgIpc) is 3.58. The van der Waals surface area contributed by atoms with Gasteiger partial charge in [0.05, 0.1) is 28.5 Å². The van der Waals surface area contributed by atoms with Crippen molar-refractivity contribution in [3.8, 4) is 0 Å². The first-order valence-electron chi connectivity index (χ1n) is 10.2. The highest BCUT2D eigenvalue weighted by Crippen LogP contribution is 2.28. The summed E-state index contributed by atoms with van der Waals surface area (Å²) in [5.41, 5.74) is 4.70.